The molecule has 0 atom stereocenters. The van der Waals surface area contributed by atoms with Crippen LogP contribution in [-0.2, 0) is 6.42 Å². The third kappa shape index (κ3) is 2.94. The van der Waals surface area contributed by atoms with Crippen LogP contribution < -0.4 is 5.43 Å². The standard InChI is InChI=1S/C17H16N2O2/c20-14-10-8-13(9-11-14)17(21)19-18-16-7-3-5-12-4-1-2-6-15(12)16/h1-2,4,6,8-11,20H,3,5,7H2,(H,19,21)/b18-16+. The molecule has 0 heterocycles. The van der Waals surface area contributed by atoms with E-state index in [1.807, 2.05) is 18.2 Å². The Morgan fingerprint density at radius 3 is 2.62 bits per heavy atom. The summed E-state index contributed by atoms with van der Waals surface area (Å²) >= 11 is 0. The Labute approximate surface area is 123 Å². The molecule has 4 nitrogen and oxygen atoms in total. The minimum Gasteiger partial charge on any atom is -0.508 e. The van der Waals surface area contributed by atoms with Gasteiger partial charge in [-0.1, -0.05) is 24.3 Å². The number of rotatable bonds is 2. The number of amides is 1. The molecule has 0 fully saturated rings. The zero-order valence-corrected chi connectivity index (χ0v) is 11.5. The quantitative estimate of drug-likeness (QED) is 0.831. The van der Waals surface area contributed by atoms with Crippen LogP contribution in [0.1, 0.15) is 34.3 Å². The van der Waals surface area contributed by atoms with E-state index in [2.05, 4.69) is 16.6 Å². The van der Waals surface area contributed by atoms with Crippen molar-refractivity contribution in [3.05, 3.63) is 65.2 Å². The third-order valence-electron chi connectivity index (χ3n) is 3.61. The molecule has 0 saturated carbocycles. The first-order valence-electron chi connectivity index (χ1n) is 6.98. The smallest absolute Gasteiger partial charge is 0.271 e. The van der Waals surface area contributed by atoms with Gasteiger partial charge in [0.1, 0.15) is 5.75 Å². The lowest BCUT2D eigenvalue weighted by Crippen LogP contribution is -2.22. The first-order chi connectivity index (χ1) is 10.2. The summed E-state index contributed by atoms with van der Waals surface area (Å²) in [6, 6.07) is 14.3. The number of carbonyl (C=O) groups is 1. The zero-order valence-electron chi connectivity index (χ0n) is 11.5. The highest BCUT2D eigenvalue weighted by molar-refractivity contribution is 6.04. The van der Waals surface area contributed by atoms with Crippen molar-refractivity contribution in [1.82, 2.24) is 5.43 Å². The molecule has 1 aliphatic carbocycles. The number of aromatic hydroxyl groups is 1. The number of nitrogens with one attached hydrogen (secondary N) is 1. The molecule has 3 rings (SSSR count). The predicted molar refractivity (Wildman–Crippen MR) is 81.5 cm³/mol. The molecule has 21 heavy (non-hydrogen) atoms. The number of nitrogens with zero attached hydrogens (tertiary/aromatic N) is 1. The average molecular weight is 280 g/mol. The van der Waals surface area contributed by atoms with Crippen molar-refractivity contribution in [2.24, 2.45) is 5.10 Å². The monoisotopic (exact) mass is 280 g/mol. The molecule has 106 valence electrons. The van der Waals surface area contributed by atoms with Gasteiger partial charge in [-0.25, -0.2) is 5.43 Å². The van der Waals surface area contributed by atoms with E-state index in [0.29, 0.717) is 5.56 Å². The van der Waals surface area contributed by atoms with Crippen molar-refractivity contribution >= 4 is 11.6 Å². The van der Waals surface area contributed by atoms with E-state index in [1.165, 1.54) is 17.7 Å². The molecule has 0 aliphatic heterocycles. The summed E-state index contributed by atoms with van der Waals surface area (Å²) in [6.45, 7) is 0. The van der Waals surface area contributed by atoms with E-state index in [-0.39, 0.29) is 11.7 Å². The number of hydrogen-bond donors (Lipinski definition) is 2. The number of hydrazone groups is 1. The SMILES string of the molecule is O=C(N/N=C1\CCCc2ccccc21)c1ccc(O)cc1. The summed E-state index contributed by atoms with van der Waals surface area (Å²) in [5.41, 5.74) is 6.39. The van der Waals surface area contributed by atoms with Crippen LogP contribution in [0.2, 0.25) is 0 Å². The van der Waals surface area contributed by atoms with E-state index in [1.54, 1.807) is 12.1 Å². The second-order valence-corrected chi connectivity index (χ2v) is 5.06. The summed E-state index contributed by atoms with van der Waals surface area (Å²) < 4.78 is 0. The van der Waals surface area contributed by atoms with Crippen molar-refractivity contribution < 1.29 is 9.90 Å². The highest BCUT2D eigenvalue weighted by atomic mass is 16.3. The van der Waals surface area contributed by atoms with Gasteiger partial charge in [0.2, 0.25) is 0 Å². The van der Waals surface area contributed by atoms with Gasteiger partial charge in [-0.2, -0.15) is 5.10 Å². The first kappa shape index (κ1) is 13.4. The number of fused-ring (bicyclic) bond motifs is 1. The third-order valence-corrected chi connectivity index (χ3v) is 3.61. The van der Waals surface area contributed by atoms with E-state index in [9.17, 15) is 9.90 Å². The lowest BCUT2D eigenvalue weighted by Gasteiger charge is -2.17. The molecule has 1 amide bonds. The van der Waals surface area contributed by atoms with Crippen molar-refractivity contribution in [2.75, 3.05) is 0 Å². The molecule has 2 aromatic carbocycles. The van der Waals surface area contributed by atoms with Crippen LogP contribution in [0.15, 0.2) is 53.6 Å². The maximum atomic E-state index is 12.0. The Bertz CT molecular complexity index is 690. The van der Waals surface area contributed by atoms with Crippen molar-refractivity contribution in [3.63, 3.8) is 0 Å². The van der Waals surface area contributed by atoms with Crippen molar-refractivity contribution in [2.45, 2.75) is 19.3 Å². The fourth-order valence-corrected chi connectivity index (χ4v) is 2.51. The van der Waals surface area contributed by atoms with Gasteiger partial charge in [-0.15, -0.1) is 0 Å². The normalized spacial score (nSPS) is 15.5. The Morgan fingerprint density at radius 1 is 1.05 bits per heavy atom. The van der Waals surface area contributed by atoms with Crippen LogP contribution in [0.4, 0.5) is 0 Å². The summed E-state index contributed by atoms with van der Waals surface area (Å²) in [5, 5.41) is 13.5. The van der Waals surface area contributed by atoms with Crippen LogP contribution in [0.5, 0.6) is 5.75 Å². The first-order valence-corrected chi connectivity index (χ1v) is 6.98. The van der Waals surface area contributed by atoms with Gasteiger partial charge in [0.15, 0.2) is 0 Å². The minimum absolute atomic E-state index is 0.138. The van der Waals surface area contributed by atoms with Crippen LogP contribution in [0.3, 0.4) is 0 Å². The molecule has 0 saturated heterocycles. The fourth-order valence-electron chi connectivity index (χ4n) is 2.51. The van der Waals surface area contributed by atoms with Gasteiger partial charge in [0.05, 0.1) is 5.71 Å². The summed E-state index contributed by atoms with van der Waals surface area (Å²) in [5.74, 6) is -0.135. The molecular weight excluding hydrogens is 264 g/mol. The number of phenols is 1. The van der Waals surface area contributed by atoms with Crippen molar-refractivity contribution in [3.8, 4) is 5.75 Å². The van der Waals surface area contributed by atoms with E-state index >= 15 is 0 Å². The zero-order chi connectivity index (χ0) is 14.7. The maximum Gasteiger partial charge on any atom is 0.271 e. The largest absolute Gasteiger partial charge is 0.508 e. The number of aryl methyl sites for hydroxylation is 1. The van der Waals surface area contributed by atoms with E-state index in [0.717, 1.165) is 30.5 Å². The molecule has 4 heteroatoms. The van der Waals surface area contributed by atoms with Crippen LogP contribution in [0.25, 0.3) is 0 Å². The molecule has 0 bridgehead atoms. The molecule has 0 aromatic heterocycles. The van der Waals surface area contributed by atoms with Crippen LogP contribution in [-0.4, -0.2) is 16.7 Å². The number of benzene rings is 2. The van der Waals surface area contributed by atoms with Gasteiger partial charge in [-0.05, 0) is 49.1 Å². The summed E-state index contributed by atoms with van der Waals surface area (Å²) in [7, 11) is 0. The minimum atomic E-state index is -0.273. The van der Waals surface area contributed by atoms with Gasteiger partial charge in [0.25, 0.3) is 5.91 Å². The predicted octanol–water partition coefficient (Wildman–Crippen LogP) is 2.86. The topological polar surface area (TPSA) is 61.7 Å². The van der Waals surface area contributed by atoms with Gasteiger partial charge in [0, 0.05) is 11.1 Å². The van der Waals surface area contributed by atoms with Crippen LogP contribution in [0, 0.1) is 0 Å². The van der Waals surface area contributed by atoms with Gasteiger partial charge in [-0.3, -0.25) is 4.79 Å². The van der Waals surface area contributed by atoms with Gasteiger partial charge < -0.3 is 5.11 Å². The lowest BCUT2D eigenvalue weighted by atomic mass is 9.90. The van der Waals surface area contributed by atoms with Gasteiger partial charge >= 0.3 is 0 Å². The molecule has 1 aliphatic rings. The highest BCUT2D eigenvalue weighted by Gasteiger charge is 2.15. The average Bonchev–Trinajstić information content (AvgIpc) is 2.53. The molecule has 2 N–H and O–H groups in total. The Balaban J connectivity index is 1.78. The van der Waals surface area contributed by atoms with E-state index in [4.69, 9.17) is 0 Å². The van der Waals surface area contributed by atoms with Crippen LogP contribution >= 0.6 is 0 Å². The summed E-state index contributed by atoms with van der Waals surface area (Å²) in [4.78, 5) is 12.0. The maximum absolute atomic E-state index is 12.0. The highest BCUT2D eigenvalue weighted by Crippen LogP contribution is 2.21. The molecule has 0 radical (unpaired) electrons. The lowest BCUT2D eigenvalue weighted by molar-refractivity contribution is 0.0954. The second kappa shape index (κ2) is 5.79. The second-order valence-electron chi connectivity index (χ2n) is 5.06. The Morgan fingerprint density at radius 2 is 1.81 bits per heavy atom. The molecular formula is C17H16N2O2. The Kier molecular flexibility index (Phi) is 3.69. The summed E-state index contributed by atoms with van der Waals surface area (Å²) in [6.07, 6.45) is 2.97. The number of carbonyl (C=O) groups excluding carboxylic acids is 1. The molecule has 0 spiro atoms. The molecule has 0 unspecified atom stereocenters. The molecule has 2 aromatic rings. The number of phenolic OH excluding ortho intramolecular Hbond substituents is 1. The number of hydrogen-bond acceptors (Lipinski definition) is 3. The van der Waals surface area contributed by atoms with E-state index < -0.39 is 0 Å². The van der Waals surface area contributed by atoms with Crippen molar-refractivity contribution in [1.29, 1.82) is 0 Å². The fraction of sp³-hybridized carbons (Fsp3) is 0.176. The Hall–Kier alpha value is -2.62.